The molecule has 0 heterocycles. The van der Waals surface area contributed by atoms with Crippen LogP contribution in [0.3, 0.4) is 0 Å². The molecule has 0 nitrogen and oxygen atoms in total. The molecule has 0 atom stereocenters. The third-order valence-corrected chi connectivity index (χ3v) is 7.57. The van der Waals surface area contributed by atoms with E-state index in [1.807, 2.05) is 60.7 Å². The quantitative estimate of drug-likeness (QED) is 0.162. The highest BCUT2D eigenvalue weighted by Crippen LogP contribution is 2.40. The first kappa shape index (κ1) is 15.4. The molecule has 0 bridgehead atoms. The van der Waals surface area contributed by atoms with Crippen molar-refractivity contribution >= 4 is 43.1 Å². The average Bonchev–Trinajstić information content (AvgIpc) is 3.13. The van der Waals surface area contributed by atoms with Gasteiger partial charge in [0.2, 0.25) is 0 Å². The van der Waals surface area contributed by atoms with Crippen LogP contribution in [0.5, 0.6) is 0 Å². The van der Waals surface area contributed by atoms with Crippen molar-refractivity contribution in [2.45, 2.75) is 0 Å². The minimum Gasteiger partial charge on any atom is -0.0622 e. The predicted octanol–water partition coefficient (Wildman–Crippen LogP) is 11.3. The number of rotatable bonds is 3. The normalized spacial score (nSPS) is 14.7. The highest BCUT2D eigenvalue weighted by Gasteiger charge is 2.12. The van der Waals surface area contributed by atoms with Crippen molar-refractivity contribution in [3.63, 3.8) is 0 Å². The molecule has 0 fully saturated rings. The minimum atomic E-state index is -0.508. The van der Waals surface area contributed by atoms with Gasteiger partial charge >= 0.3 is 0 Å². The zero-order valence-electron chi connectivity index (χ0n) is 30.3. The molecular weight excluding hydrogens is 480 g/mol. The second-order valence-corrected chi connectivity index (χ2v) is 9.85. The fourth-order valence-electron chi connectivity index (χ4n) is 5.71. The third kappa shape index (κ3) is 3.69. The van der Waals surface area contributed by atoms with Crippen LogP contribution in [0.1, 0.15) is 12.3 Å². The standard InChI is InChI=1S/C40H26/c1-2-10-27(11-3-1)34-14-8-9-15-35(34)32-21-19-28-18-20-31-25-33(22-23-36(31)39(28)26-32)40-37-16-6-4-12-29(37)24-30-13-5-7-17-38(30)40/h1-26H/i4D,5D,6D,7D,12D,13D,16D,17D,24D. The first-order chi connectivity index (χ1) is 23.6. The van der Waals surface area contributed by atoms with Crippen LogP contribution in [0.15, 0.2) is 158 Å². The van der Waals surface area contributed by atoms with Gasteiger partial charge in [-0.25, -0.2) is 0 Å². The highest BCUT2D eigenvalue weighted by atomic mass is 14.2. The molecular formula is C40H26. The maximum Gasteiger partial charge on any atom is 0.0636 e. The van der Waals surface area contributed by atoms with E-state index in [0.717, 1.165) is 43.8 Å². The molecule has 8 aromatic rings. The molecule has 0 aliphatic rings. The monoisotopic (exact) mass is 515 g/mol. The predicted molar refractivity (Wildman–Crippen MR) is 173 cm³/mol. The molecule has 0 aromatic heterocycles. The molecule has 8 rings (SSSR count). The van der Waals surface area contributed by atoms with E-state index in [9.17, 15) is 0 Å². The molecule has 0 N–H and O–H groups in total. The van der Waals surface area contributed by atoms with Crippen molar-refractivity contribution in [3.8, 4) is 33.4 Å². The Labute approximate surface area is 246 Å². The van der Waals surface area contributed by atoms with Crippen molar-refractivity contribution in [2.24, 2.45) is 0 Å². The van der Waals surface area contributed by atoms with Gasteiger partial charge in [-0.05, 0) is 94.6 Å². The van der Waals surface area contributed by atoms with E-state index in [-0.39, 0.29) is 45.2 Å². The molecule has 0 amide bonds. The van der Waals surface area contributed by atoms with E-state index < -0.39 is 36.3 Å². The fourth-order valence-corrected chi connectivity index (χ4v) is 5.71. The highest BCUT2D eigenvalue weighted by molar-refractivity contribution is 6.15. The van der Waals surface area contributed by atoms with Gasteiger partial charge in [-0.15, -0.1) is 0 Å². The molecule has 186 valence electrons. The second-order valence-electron chi connectivity index (χ2n) is 9.85. The molecule has 8 aromatic carbocycles. The van der Waals surface area contributed by atoms with Gasteiger partial charge in [0.25, 0.3) is 0 Å². The summed E-state index contributed by atoms with van der Waals surface area (Å²) < 4.78 is 77.7. The van der Waals surface area contributed by atoms with Crippen molar-refractivity contribution in [1.29, 1.82) is 0 Å². The Hall–Kier alpha value is -5.20. The summed E-state index contributed by atoms with van der Waals surface area (Å²) in [4.78, 5) is 0. The summed E-state index contributed by atoms with van der Waals surface area (Å²) in [7, 11) is 0. The topological polar surface area (TPSA) is 0 Å². The molecule has 0 aliphatic heterocycles. The van der Waals surface area contributed by atoms with Crippen LogP contribution in [-0.2, 0) is 0 Å². The minimum absolute atomic E-state index is 0.0495. The summed E-state index contributed by atoms with van der Waals surface area (Å²) in [6.45, 7) is 0. The van der Waals surface area contributed by atoms with Gasteiger partial charge in [-0.2, -0.15) is 0 Å². The Morgan fingerprint density at radius 1 is 0.375 bits per heavy atom. The first-order valence-electron chi connectivity index (χ1n) is 17.6. The van der Waals surface area contributed by atoms with E-state index >= 15 is 0 Å². The van der Waals surface area contributed by atoms with Crippen molar-refractivity contribution < 1.29 is 12.3 Å². The van der Waals surface area contributed by atoms with Crippen LogP contribution < -0.4 is 0 Å². The van der Waals surface area contributed by atoms with Gasteiger partial charge in [0.1, 0.15) is 0 Å². The SMILES string of the molecule is [2H]c1c([2H])c([2H])c2c(-c3ccc4c(ccc5ccc(-c6ccccc6-c6ccccc6)cc54)c3)c3c([2H])c([2H])c([2H])c([2H])c3c([2H])c2c1[2H]. The maximum absolute atomic E-state index is 8.99. The van der Waals surface area contributed by atoms with E-state index in [2.05, 4.69) is 42.5 Å². The summed E-state index contributed by atoms with van der Waals surface area (Å²) >= 11 is 0. The average molecular weight is 516 g/mol. The van der Waals surface area contributed by atoms with Gasteiger partial charge in [0.05, 0.1) is 12.3 Å². The van der Waals surface area contributed by atoms with Crippen molar-refractivity contribution in [1.82, 2.24) is 0 Å². The molecule has 40 heavy (non-hydrogen) atoms. The lowest BCUT2D eigenvalue weighted by Crippen LogP contribution is -1.88. The lowest BCUT2D eigenvalue weighted by molar-refractivity contribution is 1.59. The van der Waals surface area contributed by atoms with E-state index in [0.29, 0.717) is 5.56 Å². The second kappa shape index (κ2) is 9.22. The number of hydrogen-bond donors (Lipinski definition) is 0. The van der Waals surface area contributed by atoms with Crippen LogP contribution in [0, 0.1) is 0 Å². The molecule has 0 unspecified atom stereocenters. The number of fused-ring (bicyclic) bond motifs is 5. The van der Waals surface area contributed by atoms with E-state index in [4.69, 9.17) is 12.3 Å². The van der Waals surface area contributed by atoms with Gasteiger partial charge in [-0.1, -0.05) is 139 Å². The fraction of sp³-hybridized carbons (Fsp3) is 0. The van der Waals surface area contributed by atoms with E-state index in [1.165, 1.54) is 0 Å². The van der Waals surface area contributed by atoms with Gasteiger partial charge in [0, 0.05) is 0 Å². The summed E-state index contributed by atoms with van der Waals surface area (Å²) in [5.41, 5.74) is 5.15. The summed E-state index contributed by atoms with van der Waals surface area (Å²) in [6, 6.07) is 30.7. The Morgan fingerprint density at radius 2 is 0.975 bits per heavy atom. The van der Waals surface area contributed by atoms with Gasteiger partial charge in [0.15, 0.2) is 0 Å². The lowest BCUT2D eigenvalue weighted by atomic mass is 9.89. The van der Waals surface area contributed by atoms with Crippen LogP contribution in [0.4, 0.5) is 0 Å². The lowest BCUT2D eigenvalue weighted by Gasteiger charge is -2.14. The maximum atomic E-state index is 8.99. The third-order valence-electron chi connectivity index (χ3n) is 7.57. The van der Waals surface area contributed by atoms with Crippen LogP contribution in [0.2, 0.25) is 0 Å². The first-order valence-corrected chi connectivity index (χ1v) is 13.1. The Balaban J connectivity index is 1.43. The Morgan fingerprint density at radius 3 is 1.73 bits per heavy atom. The van der Waals surface area contributed by atoms with Crippen molar-refractivity contribution in [2.75, 3.05) is 0 Å². The Bertz CT molecular complexity index is 2620. The zero-order valence-corrected chi connectivity index (χ0v) is 21.3. The molecule has 0 aliphatic carbocycles. The van der Waals surface area contributed by atoms with Gasteiger partial charge in [-0.3, -0.25) is 0 Å². The van der Waals surface area contributed by atoms with Crippen LogP contribution in [0.25, 0.3) is 76.5 Å². The smallest absolute Gasteiger partial charge is 0.0622 e. The summed E-state index contributed by atoms with van der Waals surface area (Å²) in [5, 5.41) is 3.79. The zero-order chi connectivity index (χ0) is 34.3. The molecule has 0 spiro atoms. The van der Waals surface area contributed by atoms with Crippen LogP contribution in [-0.4, -0.2) is 0 Å². The Kier molecular flexibility index (Phi) is 3.55. The van der Waals surface area contributed by atoms with Crippen molar-refractivity contribution in [3.05, 3.63) is 158 Å². The summed E-state index contributed by atoms with van der Waals surface area (Å²) in [5.74, 6) is 0. The van der Waals surface area contributed by atoms with E-state index in [1.54, 1.807) is 0 Å². The largest absolute Gasteiger partial charge is 0.0636 e. The summed E-state index contributed by atoms with van der Waals surface area (Å²) in [6.07, 6.45) is 0. The molecule has 0 saturated heterocycles. The van der Waals surface area contributed by atoms with Gasteiger partial charge < -0.3 is 0 Å². The molecule has 0 radical (unpaired) electrons. The molecule has 0 saturated carbocycles. The van der Waals surface area contributed by atoms with Crippen LogP contribution >= 0.6 is 0 Å². The number of benzene rings is 8. The molecule has 0 heteroatoms. The number of hydrogen-bond acceptors (Lipinski definition) is 0.